The number of carbonyl (C=O) groups excluding carboxylic acids is 2. The van der Waals surface area contributed by atoms with Crippen LogP contribution in [0.2, 0.25) is 0 Å². The number of carbonyl (C=O) groups is 2. The third kappa shape index (κ3) is 5.26. The molecule has 1 saturated heterocycles. The van der Waals surface area contributed by atoms with Crippen LogP contribution in [0.4, 0.5) is 5.82 Å². The van der Waals surface area contributed by atoms with E-state index in [0.717, 1.165) is 17.6 Å². The fourth-order valence-electron chi connectivity index (χ4n) is 2.46. The summed E-state index contributed by atoms with van der Waals surface area (Å²) in [6.07, 6.45) is 1.98. The number of hydrogen-bond donors (Lipinski definition) is 1. The van der Waals surface area contributed by atoms with Crippen molar-refractivity contribution in [1.29, 1.82) is 0 Å². The second kappa shape index (κ2) is 8.37. The van der Waals surface area contributed by atoms with Crippen LogP contribution in [0.3, 0.4) is 0 Å². The molecule has 0 radical (unpaired) electrons. The van der Waals surface area contributed by atoms with E-state index in [-0.39, 0.29) is 17.9 Å². The molecule has 0 aromatic carbocycles. The van der Waals surface area contributed by atoms with E-state index in [9.17, 15) is 9.59 Å². The number of pyridine rings is 1. The standard InChI is InChI=1S/C15H21BrN4O3/c1-19-7-8-20(10-12(19)15(22)23-2)6-4-14(21)18-13-9-11(16)3-5-17-13/h3,5,9,12H,4,6-8,10H2,1-2H3,(H,17,18,21). The van der Waals surface area contributed by atoms with Gasteiger partial charge < -0.3 is 10.1 Å². The molecule has 1 unspecified atom stereocenters. The normalized spacial score (nSPS) is 19.3. The predicted octanol–water partition coefficient (Wildman–Crippen LogP) is 0.962. The van der Waals surface area contributed by atoms with Gasteiger partial charge in [0.15, 0.2) is 0 Å². The fourth-order valence-corrected chi connectivity index (χ4v) is 2.80. The molecule has 1 N–H and O–H groups in total. The van der Waals surface area contributed by atoms with Crippen LogP contribution in [-0.4, -0.2) is 73.0 Å². The summed E-state index contributed by atoms with van der Waals surface area (Å²) < 4.78 is 5.69. The van der Waals surface area contributed by atoms with Gasteiger partial charge in [0.1, 0.15) is 11.9 Å². The van der Waals surface area contributed by atoms with Gasteiger partial charge in [-0.2, -0.15) is 0 Å². The molecule has 23 heavy (non-hydrogen) atoms. The van der Waals surface area contributed by atoms with Gasteiger partial charge in [0.2, 0.25) is 5.91 Å². The molecule has 1 aliphatic heterocycles. The molecule has 0 spiro atoms. The van der Waals surface area contributed by atoms with E-state index < -0.39 is 0 Å². The largest absolute Gasteiger partial charge is 0.468 e. The molecule has 2 rings (SSSR count). The smallest absolute Gasteiger partial charge is 0.324 e. The molecule has 0 bridgehead atoms. The highest BCUT2D eigenvalue weighted by atomic mass is 79.9. The second-order valence-corrected chi connectivity index (χ2v) is 6.39. The van der Waals surface area contributed by atoms with Gasteiger partial charge in [-0.15, -0.1) is 0 Å². The molecule has 7 nitrogen and oxygen atoms in total. The first kappa shape index (κ1) is 17.8. The van der Waals surface area contributed by atoms with Gasteiger partial charge >= 0.3 is 5.97 Å². The van der Waals surface area contributed by atoms with Crippen LogP contribution in [0.1, 0.15) is 6.42 Å². The number of methoxy groups -OCH3 is 1. The van der Waals surface area contributed by atoms with Crippen LogP contribution in [0.25, 0.3) is 0 Å². The third-order valence-corrected chi connectivity index (χ3v) is 4.34. The van der Waals surface area contributed by atoms with Crippen molar-refractivity contribution < 1.29 is 14.3 Å². The Balaban J connectivity index is 1.81. The molecule has 1 atom stereocenters. The minimum atomic E-state index is -0.274. The van der Waals surface area contributed by atoms with Gasteiger partial charge in [-0.25, -0.2) is 4.98 Å². The van der Waals surface area contributed by atoms with E-state index in [1.807, 2.05) is 11.9 Å². The van der Waals surface area contributed by atoms with E-state index >= 15 is 0 Å². The SMILES string of the molecule is COC(=O)C1CN(CCC(=O)Nc2cc(Br)ccn2)CCN1C. The molecular weight excluding hydrogens is 364 g/mol. The maximum absolute atomic E-state index is 12.0. The van der Waals surface area contributed by atoms with E-state index in [2.05, 4.69) is 31.1 Å². The maximum Gasteiger partial charge on any atom is 0.324 e. The van der Waals surface area contributed by atoms with Gasteiger partial charge in [0.25, 0.3) is 0 Å². The van der Waals surface area contributed by atoms with Crippen molar-refractivity contribution in [2.45, 2.75) is 12.5 Å². The number of halogens is 1. The van der Waals surface area contributed by atoms with Gasteiger partial charge in [-0.1, -0.05) is 15.9 Å². The Bertz CT molecular complexity index is 569. The summed E-state index contributed by atoms with van der Waals surface area (Å²) in [6.45, 7) is 2.77. The molecule has 1 aromatic heterocycles. The van der Waals surface area contributed by atoms with E-state index in [1.165, 1.54) is 7.11 Å². The first-order valence-electron chi connectivity index (χ1n) is 7.41. The Morgan fingerprint density at radius 3 is 2.96 bits per heavy atom. The van der Waals surface area contributed by atoms with E-state index in [0.29, 0.717) is 25.3 Å². The lowest BCUT2D eigenvalue weighted by atomic mass is 10.1. The zero-order valence-corrected chi connectivity index (χ0v) is 14.9. The molecule has 1 aromatic rings. The monoisotopic (exact) mass is 384 g/mol. The van der Waals surface area contributed by atoms with Crippen molar-refractivity contribution in [3.05, 3.63) is 22.8 Å². The van der Waals surface area contributed by atoms with Crippen molar-refractivity contribution in [3.8, 4) is 0 Å². The molecule has 8 heteroatoms. The number of nitrogens with zero attached hydrogens (tertiary/aromatic N) is 3. The highest BCUT2D eigenvalue weighted by Crippen LogP contribution is 2.13. The molecule has 1 aliphatic rings. The highest BCUT2D eigenvalue weighted by Gasteiger charge is 2.30. The number of rotatable bonds is 5. The topological polar surface area (TPSA) is 74.8 Å². The van der Waals surface area contributed by atoms with Crippen LogP contribution >= 0.6 is 15.9 Å². The number of ether oxygens (including phenoxy) is 1. The number of aromatic nitrogens is 1. The van der Waals surface area contributed by atoms with Crippen molar-refractivity contribution in [2.24, 2.45) is 0 Å². The van der Waals surface area contributed by atoms with Crippen LogP contribution < -0.4 is 5.32 Å². The fraction of sp³-hybridized carbons (Fsp3) is 0.533. The zero-order valence-electron chi connectivity index (χ0n) is 13.3. The van der Waals surface area contributed by atoms with Crippen molar-refractivity contribution in [3.63, 3.8) is 0 Å². The van der Waals surface area contributed by atoms with Crippen LogP contribution in [0, 0.1) is 0 Å². The number of nitrogens with one attached hydrogen (secondary N) is 1. The average Bonchev–Trinajstić information content (AvgIpc) is 2.53. The number of hydrogen-bond acceptors (Lipinski definition) is 6. The predicted molar refractivity (Wildman–Crippen MR) is 90.1 cm³/mol. The Kier molecular flexibility index (Phi) is 6.49. The van der Waals surface area contributed by atoms with Crippen molar-refractivity contribution in [2.75, 3.05) is 45.7 Å². The molecular formula is C15H21BrN4O3. The first-order valence-corrected chi connectivity index (χ1v) is 8.20. The summed E-state index contributed by atoms with van der Waals surface area (Å²) in [5.41, 5.74) is 0. The Hall–Kier alpha value is -1.51. The summed E-state index contributed by atoms with van der Waals surface area (Å²) in [5, 5.41) is 2.77. The maximum atomic E-state index is 12.0. The Morgan fingerprint density at radius 1 is 1.48 bits per heavy atom. The highest BCUT2D eigenvalue weighted by molar-refractivity contribution is 9.10. The van der Waals surface area contributed by atoms with Crippen molar-refractivity contribution in [1.82, 2.24) is 14.8 Å². The molecule has 1 amide bonds. The number of piperazine rings is 1. The van der Waals surface area contributed by atoms with Gasteiger partial charge in [-0.3, -0.25) is 19.4 Å². The molecule has 1 fully saturated rings. The summed E-state index contributed by atoms with van der Waals surface area (Å²) in [4.78, 5) is 31.9. The third-order valence-electron chi connectivity index (χ3n) is 3.85. The summed E-state index contributed by atoms with van der Waals surface area (Å²) in [6, 6.07) is 3.27. The number of anilines is 1. The van der Waals surface area contributed by atoms with E-state index in [1.54, 1.807) is 18.3 Å². The zero-order chi connectivity index (χ0) is 16.8. The van der Waals surface area contributed by atoms with Crippen molar-refractivity contribution >= 4 is 33.6 Å². The quantitative estimate of drug-likeness (QED) is 0.762. The first-order chi connectivity index (χ1) is 11.0. The van der Waals surface area contributed by atoms with E-state index in [4.69, 9.17) is 4.74 Å². The second-order valence-electron chi connectivity index (χ2n) is 5.48. The van der Waals surface area contributed by atoms with Gasteiger partial charge in [0, 0.05) is 43.3 Å². The summed E-state index contributed by atoms with van der Waals surface area (Å²) >= 11 is 3.34. The summed E-state index contributed by atoms with van der Waals surface area (Å²) in [5.74, 6) is 0.194. The lowest BCUT2D eigenvalue weighted by molar-refractivity contribution is -0.148. The van der Waals surface area contributed by atoms with Crippen LogP contribution in [0.15, 0.2) is 22.8 Å². The number of likely N-dealkylation sites (N-methyl/N-ethyl adjacent to an activating group) is 1. The average molecular weight is 385 g/mol. The lowest BCUT2D eigenvalue weighted by Gasteiger charge is -2.37. The molecule has 0 aliphatic carbocycles. The van der Waals surface area contributed by atoms with Gasteiger partial charge in [-0.05, 0) is 19.2 Å². The van der Waals surface area contributed by atoms with Gasteiger partial charge in [0.05, 0.1) is 7.11 Å². The number of esters is 1. The number of amides is 1. The minimum Gasteiger partial charge on any atom is -0.468 e. The minimum absolute atomic E-state index is 0.0934. The molecule has 126 valence electrons. The summed E-state index contributed by atoms with van der Waals surface area (Å²) in [7, 11) is 3.30. The Morgan fingerprint density at radius 2 is 2.26 bits per heavy atom. The molecule has 2 heterocycles. The van der Waals surface area contributed by atoms with Crippen LogP contribution in [-0.2, 0) is 14.3 Å². The van der Waals surface area contributed by atoms with Crippen LogP contribution in [0.5, 0.6) is 0 Å². The Labute approximate surface area is 144 Å². The lowest BCUT2D eigenvalue weighted by Crippen LogP contribution is -2.55. The molecule has 0 saturated carbocycles.